The van der Waals surface area contributed by atoms with Gasteiger partial charge in [0, 0.05) is 19.2 Å². The van der Waals surface area contributed by atoms with E-state index >= 15 is 0 Å². The van der Waals surface area contributed by atoms with Gasteiger partial charge in [0.25, 0.3) is 0 Å². The van der Waals surface area contributed by atoms with Crippen LogP contribution < -0.4 is 9.80 Å². The fraction of sp³-hybridized carbons (Fsp3) is 0.533. The molecule has 4 heterocycles. The summed E-state index contributed by atoms with van der Waals surface area (Å²) in [6.07, 6.45) is 2.65. The number of nitrogens with zero attached hydrogens (tertiary/aromatic N) is 5. The van der Waals surface area contributed by atoms with E-state index in [0.717, 1.165) is 42.5 Å². The van der Waals surface area contributed by atoms with E-state index in [1.807, 2.05) is 6.07 Å². The van der Waals surface area contributed by atoms with Crippen molar-refractivity contribution in [1.29, 1.82) is 0 Å². The van der Waals surface area contributed by atoms with Crippen LogP contribution in [0.25, 0.3) is 0 Å². The zero-order valence-electron chi connectivity index (χ0n) is 12.9. The summed E-state index contributed by atoms with van der Waals surface area (Å²) in [5.74, 6) is 1.72. The Morgan fingerprint density at radius 3 is 3.17 bits per heavy atom. The lowest BCUT2D eigenvalue weighted by Crippen LogP contribution is -2.55. The van der Waals surface area contributed by atoms with Gasteiger partial charge in [-0.25, -0.2) is 4.98 Å². The molecule has 7 nitrogen and oxygen atoms in total. The average molecular weight is 336 g/mol. The number of rotatable bonds is 3. The van der Waals surface area contributed by atoms with Crippen molar-refractivity contribution in [2.24, 2.45) is 0 Å². The maximum atomic E-state index is 6.01. The van der Waals surface area contributed by atoms with Crippen molar-refractivity contribution in [1.82, 2.24) is 15.1 Å². The quantitative estimate of drug-likeness (QED) is 0.793. The number of hydrogen-bond acceptors (Lipinski definition) is 7. The molecule has 122 valence electrons. The predicted octanol–water partition coefficient (Wildman–Crippen LogP) is 1.91. The Morgan fingerprint density at radius 1 is 1.43 bits per heavy atom. The Bertz CT molecular complexity index is 707. The second-order valence-electron chi connectivity index (χ2n) is 5.79. The third kappa shape index (κ3) is 2.74. The van der Waals surface area contributed by atoms with Crippen molar-refractivity contribution >= 4 is 23.1 Å². The number of anilines is 2. The van der Waals surface area contributed by atoms with Gasteiger partial charge in [-0.15, -0.1) is 0 Å². The Kier molecular flexibility index (Phi) is 3.82. The first-order chi connectivity index (χ1) is 11.2. The first-order valence-corrected chi connectivity index (χ1v) is 8.18. The molecule has 2 aromatic heterocycles. The summed E-state index contributed by atoms with van der Waals surface area (Å²) < 4.78 is 11.1. The molecule has 0 spiro atoms. The first-order valence-electron chi connectivity index (χ1n) is 7.81. The smallest absolute Gasteiger partial charge is 0.224 e. The lowest BCUT2D eigenvalue weighted by Gasteiger charge is -2.45. The van der Waals surface area contributed by atoms with E-state index in [2.05, 4.69) is 31.8 Å². The minimum Gasteiger partial charge on any atom is -0.377 e. The van der Waals surface area contributed by atoms with Crippen molar-refractivity contribution in [2.45, 2.75) is 25.9 Å². The molecular weight excluding hydrogens is 318 g/mol. The molecule has 1 fully saturated rings. The van der Waals surface area contributed by atoms with Crippen LogP contribution in [-0.4, -0.2) is 47.5 Å². The molecule has 0 radical (unpaired) electrons. The summed E-state index contributed by atoms with van der Waals surface area (Å²) in [5.41, 5.74) is 1.94. The van der Waals surface area contributed by atoms with Gasteiger partial charge >= 0.3 is 0 Å². The maximum Gasteiger partial charge on any atom is 0.224 e. The van der Waals surface area contributed by atoms with Crippen molar-refractivity contribution in [2.75, 3.05) is 36.1 Å². The van der Waals surface area contributed by atoms with E-state index in [1.165, 1.54) is 0 Å². The second kappa shape index (κ2) is 5.98. The molecule has 1 atom stereocenters. The number of aromatic nitrogens is 3. The summed E-state index contributed by atoms with van der Waals surface area (Å²) >= 11 is 6.01. The molecule has 1 saturated heterocycles. The lowest BCUT2D eigenvalue weighted by molar-refractivity contribution is 0.0934. The zero-order chi connectivity index (χ0) is 15.8. The van der Waals surface area contributed by atoms with Gasteiger partial charge in [-0.3, -0.25) is 0 Å². The first kappa shape index (κ1) is 14.7. The highest BCUT2D eigenvalue weighted by Crippen LogP contribution is 2.35. The normalized spacial score (nSPS) is 20.3. The number of aryl methyl sites for hydroxylation is 1. The van der Waals surface area contributed by atoms with Gasteiger partial charge in [0.15, 0.2) is 11.6 Å². The zero-order valence-corrected chi connectivity index (χ0v) is 13.7. The SMILES string of the molecule is CCc1cc(CN2C[C@@H]3COCCN3c3nc(Cl)ncc32)on1. The lowest BCUT2D eigenvalue weighted by atomic mass is 10.1. The van der Waals surface area contributed by atoms with E-state index in [9.17, 15) is 0 Å². The van der Waals surface area contributed by atoms with Crippen LogP contribution in [0.3, 0.4) is 0 Å². The summed E-state index contributed by atoms with van der Waals surface area (Å²) in [4.78, 5) is 13.1. The van der Waals surface area contributed by atoms with Crippen molar-refractivity contribution in [3.8, 4) is 0 Å². The van der Waals surface area contributed by atoms with E-state index in [-0.39, 0.29) is 11.3 Å². The molecule has 2 aliphatic heterocycles. The van der Waals surface area contributed by atoms with Crippen LogP contribution in [0.2, 0.25) is 5.28 Å². The van der Waals surface area contributed by atoms with Crippen molar-refractivity contribution in [3.63, 3.8) is 0 Å². The van der Waals surface area contributed by atoms with Crippen LogP contribution in [0.4, 0.5) is 11.5 Å². The van der Waals surface area contributed by atoms with Gasteiger partial charge in [0.2, 0.25) is 5.28 Å². The molecule has 8 heteroatoms. The van der Waals surface area contributed by atoms with Gasteiger partial charge in [-0.1, -0.05) is 12.1 Å². The van der Waals surface area contributed by atoms with Gasteiger partial charge < -0.3 is 19.1 Å². The van der Waals surface area contributed by atoms with E-state index in [4.69, 9.17) is 20.9 Å². The largest absolute Gasteiger partial charge is 0.377 e. The molecule has 0 amide bonds. The molecule has 0 aromatic carbocycles. The maximum absolute atomic E-state index is 6.01. The topological polar surface area (TPSA) is 67.5 Å². The summed E-state index contributed by atoms with van der Waals surface area (Å²) in [5, 5.41) is 4.33. The molecular formula is C15H18ClN5O2. The highest BCUT2D eigenvalue weighted by Gasteiger charge is 2.35. The highest BCUT2D eigenvalue weighted by atomic mass is 35.5. The molecule has 2 aliphatic rings. The predicted molar refractivity (Wildman–Crippen MR) is 85.9 cm³/mol. The fourth-order valence-electron chi connectivity index (χ4n) is 3.15. The van der Waals surface area contributed by atoms with Crippen LogP contribution in [0.5, 0.6) is 0 Å². The van der Waals surface area contributed by atoms with Gasteiger partial charge in [0.1, 0.15) is 0 Å². The van der Waals surface area contributed by atoms with Crippen LogP contribution in [0.1, 0.15) is 18.4 Å². The molecule has 0 aliphatic carbocycles. The number of ether oxygens (including phenoxy) is 1. The Balaban J connectivity index is 1.66. The molecule has 0 unspecified atom stereocenters. The van der Waals surface area contributed by atoms with Gasteiger partial charge in [-0.2, -0.15) is 4.98 Å². The Hall–Kier alpha value is -1.86. The standard InChI is InChI=1S/C15H18ClN5O2/c1-2-10-5-12(23-19-10)8-20-7-11-9-22-4-3-21(11)14-13(20)6-17-15(16)18-14/h5-6,11H,2-4,7-9H2,1H3/t11-/m1/s1. The molecule has 0 saturated carbocycles. The number of fused-ring (bicyclic) bond motifs is 3. The number of morpholine rings is 1. The van der Waals surface area contributed by atoms with Crippen molar-refractivity contribution < 1.29 is 9.26 Å². The summed E-state index contributed by atoms with van der Waals surface area (Å²) in [7, 11) is 0. The van der Waals surface area contributed by atoms with E-state index in [1.54, 1.807) is 6.20 Å². The van der Waals surface area contributed by atoms with E-state index in [0.29, 0.717) is 19.8 Å². The fourth-order valence-corrected chi connectivity index (χ4v) is 3.28. The van der Waals surface area contributed by atoms with Gasteiger partial charge in [-0.05, 0) is 18.0 Å². The van der Waals surface area contributed by atoms with Gasteiger partial charge in [0.05, 0.1) is 43.4 Å². The average Bonchev–Trinajstić information content (AvgIpc) is 3.02. The number of halogens is 1. The summed E-state index contributed by atoms with van der Waals surface area (Å²) in [6, 6.07) is 2.26. The second-order valence-corrected chi connectivity index (χ2v) is 6.13. The highest BCUT2D eigenvalue weighted by molar-refractivity contribution is 6.28. The minimum absolute atomic E-state index is 0.260. The van der Waals surface area contributed by atoms with Crippen LogP contribution in [0, 0.1) is 0 Å². The third-order valence-electron chi connectivity index (χ3n) is 4.31. The molecule has 0 N–H and O–H groups in total. The van der Waals surface area contributed by atoms with Crippen LogP contribution in [0.15, 0.2) is 16.8 Å². The molecule has 2 aromatic rings. The molecule has 0 bridgehead atoms. The number of hydrogen-bond donors (Lipinski definition) is 0. The van der Waals surface area contributed by atoms with Crippen LogP contribution >= 0.6 is 11.6 Å². The Labute approximate surface area is 139 Å². The monoisotopic (exact) mass is 335 g/mol. The summed E-state index contributed by atoms with van der Waals surface area (Å²) in [6.45, 7) is 5.75. The van der Waals surface area contributed by atoms with Crippen molar-refractivity contribution in [3.05, 3.63) is 29.0 Å². The Morgan fingerprint density at radius 2 is 2.35 bits per heavy atom. The molecule has 23 heavy (non-hydrogen) atoms. The van der Waals surface area contributed by atoms with E-state index < -0.39 is 0 Å². The van der Waals surface area contributed by atoms with Crippen LogP contribution in [-0.2, 0) is 17.7 Å². The minimum atomic E-state index is 0.260. The third-order valence-corrected chi connectivity index (χ3v) is 4.49. The molecule has 4 rings (SSSR count).